The van der Waals surface area contributed by atoms with Gasteiger partial charge in [-0.3, -0.25) is 0 Å². The van der Waals surface area contributed by atoms with Crippen molar-refractivity contribution in [2.24, 2.45) is 0 Å². The third kappa shape index (κ3) is 5.00. The van der Waals surface area contributed by atoms with Crippen molar-refractivity contribution in [1.29, 1.82) is 0 Å². The summed E-state index contributed by atoms with van der Waals surface area (Å²) in [6.07, 6.45) is 4.68. The number of carbonyl (C=O) groups is 2. The molecule has 0 amide bonds. The number of hydrogen-bond donors (Lipinski definition) is 0. The van der Waals surface area contributed by atoms with Crippen molar-refractivity contribution in [1.82, 2.24) is 0 Å². The lowest BCUT2D eigenvalue weighted by Crippen LogP contribution is -2.18. The molecule has 15 heavy (non-hydrogen) atoms. The second-order valence-electron chi connectivity index (χ2n) is 2.55. The maximum Gasteiger partial charge on any atom is 0.345 e. The minimum Gasteiger partial charge on any atom is -0.462 e. The molecule has 0 bridgehead atoms. The SMILES string of the molecule is CC=CC=C(C(=O)OCC)C(=O)OCC. The first-order valence-electron chi connectivity index (χ1n) is 4.84. The van der Waals surface area contributed by atoms with Gasteiger partial charge in [-0.1, -0.05) is 12.2 Å². The molecule has 0 aromatic carbocycles. The van der Waals surface area contributed by atoms with Crippen molar-refractivity contribution in [3.8, 4) is 0 Å². The maximum atomic E-state index is 11.3. The molecule has 84 valence electrons. The molecule has 0 aliphatic carbocycles. The van der Waals surface area contributed by atoms with E-state index in [1.165, 1.54) is 6.08 Å². The first-order valence-corrected chi connectivity index (χ1v) is 4.84. The van der Waals surface area contributed by atoms with E-state index in [1.807, 2.05) is 0 Å². The van der Waals surface area contributed by atoms with Crippen LogP contribution in [0.3, 0.4) is 0 Å². The van der Waals surface area contributed by atoms with Crippen molar-refractivity contribution >= 4 is 11.9 Å². The number of hydrogen-bond acceptors (Lipinski definition) is 4. The molecule has 0 unspecified atom stereocenters. The van der Waals surface area contributed by atoms with Gasteiger partial charge in [-0.2, -0.15) is 0 Å². The lowest BCUT2D eigenvalue weighted by atomic mass is 10.2. The van der Waals surface area contributed by atoms with Gasteiger partial charge < -0.3 is 9.47 Å². The second-order valence-corrected chi connectivity index (χ2v) is 2.55. The molecule has 4 heteroatoms. The Kier molecular flexibility index (Phi) is 6.97. The van der Waals surface area contributed by atoms with Crippen LogP contribution in [0.2, 0.25) is 0 Å². The van der Waals surface area contributed by atoms with Gasteiger partial charge >= 0.3 is 11.9 Å². The highest BCUT2D eigenvalue weighted by atomic mass is 16.6. The molecule has 0 N–H and O–H groups in total. The van der Waals surface area contributed by atoms with E-state index in [0.29, 0.717) is 0 Å². The van der Waals surface area contributed by atoms with Gasteiger partial charge in [0, 0.05) is 0 Å². The van der Waals surface area contributed by atoms with E-state index in [0.717, 1.165) is 0 Å². The molecule has 0 fully saturated rings. The van der Waals surface area contributed by atoms with Crippen LogP contribution in [-0.4, -0.2) is 25.2 Å². The molecule has 0 aromatic rings. The van der Waals surface area contributed by atoms with Gasteiger partial charge in [0.25, 0.3) is 0 Å². The van der Waals surface area contributed by atoms with Gasteiger partial charge in [0.2, 0.25) is 0 Å². The predicted molar refractivity (Wildman–Crippen MR) is 56.2 cm³/mol. The van der Waals surface area contributed by atoms with Gasteiger partial charge in [-0.15, -0.1) is 0 Å². The minimum absolute atomic E-state index is 0.0863. The van der Waals surface area contributed by atoms with E-state index >= 15 is 0 Å². The third-order valence-corrected chi connectivity index (χ3v) is 1.45. The van der Waals surface area contributed by atoms with Crippen molar-refractivity contribution in [3.63, 3.8) is 0 Å². The van der Waals surface area contributed by atoms with Crippen molar-refractivity contribution < 1.29 is 19.1 Å². The van der Waals surface area contributed by atoms with Crippen molar-refractivity contribution in [2.45, 2.75) is 20.8 Å². The highest BCUT2D eigenvalue weighted by molar-refractivity contribution is 6.14. The van der Waals surface area contributed by atoms with Crippen LogP contribution in [0, 0.1) is 0 Å². The zero-order chi connectivity index (χ0) is 11.7. The van der Waals surface area contributed by atoms with E-state index in [1.54, 1.807) is 32.9 Å². The molecule has 0 aliphatic rings. The molecule has 4 nitrogen and oxygen atoms in total. The summed E-state index contributed by atoms with van der Waals surface area (Å²) in [7, 11) is 0. The second kappa shape index (κ2) is 7.79. The zero-order valence-corrected chi connectivity index (χ0v) is 9.28. The Morgan fingerprint density at radius 1 is 1.07 bits per heavy atom. The monoisotopic (exact) mass is 212 g/mol. The summed E-state index contributed by atoms with van der Waals surface area (Å²) in [6, 6.07) is 0. The lowest BCUT2D eigenvalue weighted by molar-refractivity contribution is -0.146. The highest BCUT2D eigenvalue weighted by Gasteiger charge is 2.19. The molecule has 0 aliphatic heterocycles. The number of ether oxygens (including phenoxy) is 2. The summed E-state index contributed by atoms with van der Waals surface area (Å²) in [4.78, 5) is 22.7. The molecule has 0 saturated carbocycles. The number of esters is 2. The summed E-state index contributed by atoms with van der Waals surface area (Å²) >= 11 is 0. The Hall–Kier alpha value is -1.58. The quantitative estimate of drug-likeness (QED) is 0.228. The standard InChI is InChI=1S/C11H16O4/c1-4-7-8-9(10(12)14-5-2)11(13)15-6-3/h4,7-8H,5-6H2,1-3H3. The van der Waals surface area contributed by atoms with Crippen LogP contribution in [0.5, 0.6) is 0 Å². The fourth-order valence-corrected chi connectivity index (χ4v) is 0.830. The van der Waals surface area contributed by atoms with Crippen LogP contribution < -0.4 is 0 Å². The number of carbonyl (C=O) groups excluding carboxylic acids is 2. The highest BCUT2D eigenvalue weighted by Crippen LogP contribution is 2.02. The number of rotatable bonds is 5. The first-order chi connectivity index (χ1) is 7.17. The van der Waals surface area contributed by atoms with Crippen LogP contribution >= 0.6 is 0 Å². The minimum atomic E-state index is -0.658. The lowest BCUT2D eigenvalue weighted by Gasteiger charge is -2.05. The maximum absolute atomic E-state index is 11.3. The van der Waals surface area contributed by atoms with Crippen LogP contribution in [0.4, 0.5) is 0 Å². The Bertz CT molecular complexity index is 256. The molecule has 0 atom stereocenters. The van der Waals surface area contributed by atoms with Crippen molar-refractivity contribution in [2.75, 3.05) is 13.2 Å². The zero-order valence-electron chi connectivity index (χ0n) is 9.28. The fourth-order valence-electron chi connectivity index (χ4n) is 0.830. The molecular formula is C11H16O4. The van der Waals surface area contributed by atoms with Gasteiger partial charge in [0.05, 0.1) is 13.2 Å². The summed E-state index contributed by atoms with van der Waals surface area (Å²) in [5, 5.41) is 0. The molecule has 0 heterocycles. The normalized spacial score (nSPS) is 9.80. The molecule has 0 aromatic heterocycles. The van der Waals surface area contributed by atoms with E-state index in [2.05, 4.69) is 0 Å². The summed E-state index contributed by atoms with van der Waals surface area (Å²) < 4.78 is 9.45. The van der Waals surface area contributed by atoms with Gasteiger partial charge in [-0.25, -0.2) is 9.59 Å². The van der Waals surface area contributed by atoms with Gasteiger partial charge in [0.15, 0.2) is 0 Å². The fraction of sp³-hybridized carbons (Fsp3) is 0.455. The Labute approximate surface area is 89.6 Å². The van der Waals surface area contributed by atoms with E-state index in [-0.39, 0.29) is 18.8 Å². The predicted octanol–water partition coefficient (Wildman–Crippen LogP) is 1.62. The largest absolute Gasteiger partial charge is 0.462 e. The summed E-state index contributed by atoms with van der Waals surface area (Å²) in [5.74, 6) is -1.32. The molecule has 0 saturated heterocycles. The van der Waals surface area contributed by atoms with Crippen LogP contribution in [-0.2, 0) is 19.1 Å². The molecule has 0 spiro atoms. The Balaban J connectivity index is 4.72. The van der Waals surface area contributed by atoms with E-state index < -0.39 is 11.9 Å². The number of allylic oxidation sites excluding steroid dienone is 3. The van der Waals surface area contributed by atoms with E-state index in [4.69, 9.17) is 9.47 Å². The topological polar surface area (TPSA) is 52.6 Å². The average Bonchev–Trinajstić information content (AvgIpc) is 2.19. The van der Waals surface area contributed by atoms with Crippen LogP contribution in [0.15, 0.2) is 23.8 Å². The van der Waals surface area contributed by atoms with Crippen LogP contribution in [0.1, 0.15) is 20.8 Å². The Morgan fingerprint density at radius 2 is 1.53 bits per heavy atom. The third-order valence-electron chi connectivity index (χ3n) is 1.45. The smallest absolute Gasteiger partial charge is 0.345 e. The molecular weight excluding hydrogens is 196 g/mol. The average molecular weight is 212 g/mol. The van der Waals surface area contributed by atoms with Gasteiger partial charge in [0.1, 0.15) is 5.57 Å². The molecule has 0 rings (SSSR count). The van der Waals surface area contributed by atoms with Crippen LogP contribution in [0.25, 0.3) is 0 Å². The molecule has 0 radical (unpaired) electrons. The van der Waals surface area contributed by atoms with Crippen molar-refractivity contribution in [3.05, 3.63) is 23.8 Å². The summed E-state index contributed by atoms with van der Waals surface area (Å²) in [6.45, 7) is 5.59. The first kappa shape index (κ1) is 13.4. The van der Waals surface area contributed by atoms with Gasteiger partial charge in [-0.05, 0) is 26.8 Å². The Morgan fingerprint density at radius 3 is 1.87 bits per heavy atom. The summed E-state index contributed by atoms with van der Waals surface area (Å²) in [5.41, 5.74) is -0.0863. The van der Waals surface area contributed by atoms with E-state index in [9.17, 15) is 9.59 Å².